The summed E-state index contributed by atoms with van der Waals surface area (Å²) in [5.74, 6) is 2.44. The molecule has 2 atom stereocenters. The van der Waals surface area contributed by atoms with Crippen LogP contribution in [-0.4, -0.2) is 47.0 Å². The molecule has 5 nitrogen and oxygen atoms in total. The Hall–Kier alpha value is -1.07. The van der Waals surface area contributed by atoms with Crippen LogP contribution in [0.4, 0.5) is 0 Å². The van der Waals surface area contributed by atoms with Crippen molar-refractivity contribution in [3.63, 3.8) is 0 Å². The number of likely N-dealkylation sites (tertiary alicyclic amines) is 1. The molecule has 3 rings (SSSR count). The molecule has 2 aliphatic rings. The molecule has 1 aromatic rings. The quantitative estimate of drug-likeness (QED) is 0.901. The zero-order valence-electron chi connectivity index (χ0n) is 13.2. The highest BCUT2D eigenvalue weighted by Crippen LogP contribution is 2.42. The van der Waals surface area contributed by atoms with E-state index in [4.69, 9.17) is 4.74 Å². The molecule has 1 N–H and O–H groups in total. The summed E-state index contributed by atoms with van der Waals surface area (Å²) in [5.41, 5.74) is 2.55. The lowest BCUT2D eigenvalue weighted by atomic mass is 9.85. The number of methoxy groups -OCH3 is 1. The normalized spacial score (nSPS) is 28.9. The van der Waals surface area contributed by atoms with E-state index in [1.807, 2.05) is 11.7 Å². The average Bonchev–Trinajstić information content (AvgIpc) is 2.99. The van der Waals surface area contributed by atoms with Gasteiger partial charge in [-0.25, -0.2) is 4.68 Å². The standard InChI is InChI=1S/C15H26N4O/c1-10-12(14(20-5)18(4)17-10)9-19-8-11-6-16-7-13(11)15(19,2)3/h11,13,16H,6-9H2,1-5H3. The highest BCUT2D eigenvalue weighted by atomic mass is 16.5. The van der Waals surface area contributed by atoms with Gasteiger partial charge in [0.05, 0.1) is 18.4 Å². The lowest BCUT2D eigenvalue weighted by Crippen LogP contribution is -2.44. The van der Waals surface area contributed by atoms with Gasteiger partial charge in [-0.2, -0.15) is 5.10 Å². The van der Waals surface area contributed by atoms with Crippen LogP contribution in [0.15, 0.2) is 0 Å². The molecule has 2 fully saturated rings. The van der Waals surface area contributed by atoms with Gasteiger partial charge in [-0.1, -0.05) is 0 Å². The van der Waals surface area contributed by atoms with E-state index >= 15 is 0 Å². The fraction of sp³-hybridized carbons (Fsp3) is 0.800. The third-order valence-electron chi connectivity index (χ3n) is 5.35. The van der Waals surface area contributed by atoms with Gasteiger partial charge in [0, 0.05) is 32.2 Å². The summed E-state index contributed by atoms with van der Waals surface area (Å²) in [4.78, 5) is 2.61. The third kappa shape index (κ3) is 1.95. The summed E-state index contributed by atoms with van der Waals surface area (Å²) >= 11 is 0. The van der Waals surface area contributed by atoms with Gasteiger partial charge in [-0.3, -0.25) is 4.90 Å². The summed E-state index contributed by atoms with van der Waals surface area (Å²) < 4.78 is 7.37. The molecule has 0 aliphatic carbocycles. The molecule has 1 aromatic heterocycles. The van der Waals surface area contributed by atoms with Gasteiger partial charge in [0.15, 0.2) is 0 Å². The summed E-state index contributed by atoms with van der Waals surface area (Å²) in [5, 5.41) is 8.03. The maximum absolute atomic E-state index is 5.53. The van der Waals surface area contributed by atoms with Gasteiger partial charge in [0.2, 0.25) is 5.88 Å². The zero-order chi connectivity index (χ0) is 14.5. The average molecular weight is 278 g/mol. The number of hydrogen-bond donors (Lipinski definition) is 1. The van der Waals surface area contributed by atoms with Crippen molar-refractivity contribution in [3.05, 3.63) is 11.3 Å². The third-order valence-corrected chi connectivity index (χ3v) is 5.35. The van der Waals surface area contributed by atoms with Gasteiger partial charge >= 0.3 is 0 Å². The van der Waals surface area contributed by atoms with Crippen molar-refractivity contribution in [2.24, 2.45) is 18.9 Å². The first-order valence-corrected chi connectivity index (χ1v) is 7.47. The summed E-state index contributed by atoms with van der Waals surface area (Å²) in [6, 6.07) is 0. The van der Waals surface area contributed by atoms with Crippen LogP contribution in [0.5, 0.6) is 5.88 Å². The van der Waals surface area contributed by atoms with Crippen LogP contribution in [0.1, 0.15) is 25.1 Å². The molecule has 0 aromatic carbocycles. The van der Waals surface area contributed by atoms with Gasteiger partial charge in [-0.05, 0) is 39.2 Å². The van der Waals surface area contributed by atoms with Gasteiger partial charge in [0.25, 0.3) is 0 Å². The van der Waals surface area contributed by atoms with E-state index in [9.17, 15) is 0 Å². The molecule has 2 aliphatic heterocycles. The van der Waals surface area contributed by atoms with E-state index in [0.29, 0.717) is 0 Å². The second-order valence-electron chi connectivity index (χ2n) is 6.76. The minimum absolute atomic E-state index is 0.238. The number of nitrogens with zero attached hydrogens (tertiary/aromatic N) is 3. The molecular formula is C15H26N4O. The number of hydrogen-bond acceptors (Lipinski definition) is 4. The lowest BCUT2D eigenvalue weighted by molar-refractivity contribution is 0.130. The molecule has 20 heavy (non-hydrogen) atoms. The van der Waals surface area contributed by atoms with Crippen LogP contribution in [0.3, 0.4) is 0 Å². The molecular weight excluding hydrogens is 252 g/mol. The first kappa shape index (κ1) is 13.9. The van der Waals surface area contributed by atoms with Crippen molar-refractivity contribution in [2.75, 3.05) is 26.7 Å². The second-order valence-corrected chi connectivity index (χ2v) is 6.76. The number of fused-ring (bicyclic) bond motifs is 1. The fourth-order valence-electron chi connectivity index (χ4n) is 4.08. The monoisotopic (exact) mass is 278 g/mol. The first-order valence-electron chi connectivity index (χ1n) is 7.47. The Bertz CT molecular complexity index is 508. The molecule has 112 valence electrons. The predicted octanol–water partition coefficient (Wildman–Crippen LogP) is 1.17. The topological polar surface area (TPSA) is 42.3 Å². The molecule has 0 saturated carbocycles. The second kappa shape index (κ2) is 4.74. The highest BCUT2D eigenvalue weighted by Gasteiger charge is 2.49. The number of nitrogens with one attached hydrogen (secondary N) is 1. The van der Waals surface area contributed by atoms with Crippen molar-refractivity contribution in [1.82, 2.24) is 20.0 Å². The molecule has 2 saturated heterocycles. The molecule has 0 spiro atoms. The molecule has 0 radical (unpaired) electrons. The molecule has 0 amide bonds. The minimum Gasteiger partial charge on any atom is -0.481 e. The van der Waals surface area contributed by atoms with Crippen LogP contribution < -0.4 is 10.1 Å². The van der Waals surface area contributed by atoms with E-state index in [1.54, 1.807) is 7.11 Å². The number of aryl methyl sites for hydroxylation is 2. The minimum atomic E-state index is 0.238. The highest BCUT2D eigenvalue weighted by molar-refractivity contribution is 5.31. The molecule has 0 bridgehead atoms. The largest absolute Gasteiger partial charge is 0.481 e. The van der Waals surface area contributed by atoms with E-state index < -0.39 is 0 Å². The van der Waals surface area contributed by atoms with Crippen LogP contribution in [-0.2, 0) is 13.6 Å². The van der Waals surface area contributed by atoms with E-state index in [0.717, 1.165) is 43.0 Å². The molecule has 3 heterocycles. The Labute approximate surface area is 121 Å². The zero-order valence-corrected chi connectivity index (χ0v) is 13.2. The van der Waals surface area contributed by atoms with Gasteiger partial charge in [-0.15, -0.1) is 0 Å². The maximum atomic E-state index is 5.53. The van der Waals surface area contributed by atoms with Crippen LogP contribution in [0.25, 0.3) is 0 Å². The smallest absolute Gasteiger partial charge is 0.216 e. The van der Waals surface area contributed by atoms with E-state index in [2.05, 4.69) is 36.1 Å². The van der Waals surface area contributed by atoms with Crippen molar-refractivity contribution >= 4 is 0 Å². The summed E-state index contributed by atoms with van der Waals surface area (Å²) in [7, 11) is 3.68. The number of aromatic nitrogens is 2. The Morgan fingerprint density at radius 1 is 1.40 bits per heavy atom. The van der Waals surface area contributed by atoms with Crippen molar-refractivity contribution in [3.8, 4) is 5.88 Å². The molecule has 2 unspecified atom stereocenters. The Balaban J connectivity index is 1.85. The van der Waals surface area contributed by atoms with Gasteiger partial charge < -0.3 is 10.1 Å². The van der Waals surface area contributed by atoms with E-state index in [1.165, 1.54) is 12.1 Å². The SMILES string of the molecule is COc1c(CN2CC3CNCC3C2(C)C)c(C)nn1C. The summed E-state index contributed by atoms with van der Waals surface area (Å²) in [6.07, 6.45) is 0. The number of rotatable bonds is 3. The fourth-order valence-corrected chi connectivity index (χ4v) is 4.08. The van der Waals surface area contributed by atoms with Crippen LogP contribution >= 0.6 is 0 Å². The van der Waals surface area contributed by atoms with Crippen molar-refractivity contribution < 1.29 is 4.74 Å². The summed E-state index contributed by atoms with van der Waals surface area (Å²) in [6.45, 7) is 11.2. The van der Waals surface area contributed by atoms with Crippen LogP contribution in [0.2, 0.25) is 0 Å². The Kier molecular flexibility index (Phi) is 3.29. The van der Waals surface area contributed by atoms with Crippen molar-refractivity contribution in [1.29, 1.82) is 0 Å². The van der Waals surface area contributed by atoms with Crippen LogP contribution in [0, 0.1) is 18.8 Å². The molecule has 5 heteroatoms. The maximum Gasteiger partial charge on any atom is 0.216 e. The first-order chi connectivity index (χ1) is 9.45. The lowest BCUT2D eigenvalue weighted by Gasteiger charge is -2.35. The number of ether oxygens (including phenoxy) is 1. The van der Waals surface area contributed by atoms with E-state index in [-0.39, 0.29) is 5.54 Å². The Morgan fingerprint density at radius 3 is 2.80 bits per heavy atom. The van der Waals surface area contributed by atoms with Gasteiger partial charge in [0.1, 0.15) is 0 Å². The van der Waals surface area contributed by atoms with Crippen molar-refractivity contribution in [2.45, 2.75) is 32.9 Å². The predicted molar refractivity (Wildman–Crippen MR) is 78.8 cm³/mol. The Morgan fingerprint density at radius 2 is 2.15 bits per heavy atom.